The van der Waals surface area contributed by atoms with Crippen LogP contribution in [0.5, 0.6) is 11.5 Å². The van der Waals surface area contributed by atoms with Gasteiger partial charge in [-0.25, -0.2) is 4.79 Å². The van der Waals surface area contributed by atoms with Crippen LogP contribution < -0.4 is 14.8 Å². The number of rotatable bonds is 10. The second-order valence-electron chi connectivity index (χ2n) is 5.03. The average molecular weight is 323 g/mol. The lowest BCUT2D eigenvalue weighted by atomic mass is 10.1. The van der Waals surface area contributed by atoms with Crippen LogP contribution in [-0.2, 0) is 4.79 Å². The lowest BCUT2D eigenvalue weighted by Crippen LogP contribution is -2.40. The summed E-state index contributed by atoms with van der Waals surface area (Å²) in [7, 11) is 0. The fourth-order valence-electron chi connectivity index (χ4n) is 2.10. The van der Waals surface area contributed by atoms with E-state index in [-0.39, 0.29) is 0 Å². The molecule has 1 amide bonds. The molecule has 1 atom stereocenters. The number of benzene rings is 1. The Labute approximate surface area is 136 Å². The van der Waals surface area contributed by atoms with Crippen molar-refractivity contribution in [3.8, 4) is 11.5 Å². The summed E-state index contributed by atoms with van der Waals surface area (Å²) in [5.74, 6) is -0.422. The Kier molecular flexibility index (Phi) is 7.94. The van der Waals surface area contributed by atoms with Gasteiger partial charge in [0.05, 0.1) is 13.2 Å². The monoisotopic (exact) mass is 323 g/mol. The van der Waals surface area contributed by atoms with E-state index in [4.69, 9.17) is 9.47 Å². The molecule has 1 rings (SSSR count). The Morgan fingerprint density at radius 1 is 1.13 bits per heavy atom. The fourth-order valence-corrected chi connectivity index (χ4v) is 2.10. The van der Waals surface area contributed by atoms with Crippen molar-refractivity contribution in [1.82, 2.24) is 5.32 Å². The first-order chi connectivity index (χ1) is 11.0. The molecule has 23 heavy (non-hydrogen) atoms. The molecule has 0 unspecified atom stereocenters. The Balaban J connectivity index is 2.89. The number of carboxylic acids is 1. The van der Waals surface area contributed by atoms with Crippen LogP contribution in [0.15, 0.2) is 18.2 Å². The molecule has 6 heteroatoms. The van der Waals surface area contributed by atoms with Gasteiger partial charge in [0.1, 0.15) is 6.04 Å². The molecule has 0 fully saturated rings. The van der Waals surface area contributed by atoms with Crippen LogP contribution in [0.25, 0.3) is 0 Å². The van der Waals surface area contributed by atoms with Gasteiger partial charge in [-0.1, -0.05) is 19.8 Å². The zero-order valence-corrected chi connectivity index (χ0v) is 13.9. The van der Waals surface area contributed by atoms with E-state index < -0.39 is 17.9 Å². The predicted molar refractivity (Wildman–Crippen MR) is 87.2 cm³/mol. The summed E-state index contributed by atoms with van der Waals surface area (Å²) < 4.78 is 10.9. The number of carboxylic acid groups (broad SMARTS) is 1. The summed E-state index contributed by atoms with van der Waals surface area (Å²) >= 11 is 0. The quantitative estimate of drug-likeness (QED) is 0.691. The normalized spacial score (nSPS) is 11.6. The van der Waals surface area contributed by atoms with Gasteiger partial charge in [-0.05, 0) is 38.5 Å². The number of carbonyl (C=O) groups is 2. The largest absolute Gasteiger partial charge is 0.490 e. The summed E-state index contributed by atoms with van der Waals surface area (Å²) in [6, 6.07) is 3.94. The van der Waals surface area contributed by atoms with Crippen molar-refractivity contribution in [2.45, 2.75) is 46.1 Å². The smallest absolute Gasteiger partial charge is 0.326 e. The summed E-state index contributed by atoms with van der Waals surface area (Å²) in [4.78, 5) is 23.5. The van der Waals surface area contributed by atoms with Crippen molar-refractivity contribution >= 4 is 11.9 Å². The van der Waals surface area contributed by atoms with Crippen molar-refractivity contribution in [3.63, 3.8) is 0 Å². The summed E-state index contributed by atoms with van der Waals surface area (Å²) in [6.45, 7) is 6.61. The van der Waals surface area contributed by atoms with Crippen LogP contribution in [0.3, 0.4) is 0 Å². The van der Waals surface area contributed by atoms with Crippen LogP contribution in [-0.4, -0.2) is 36.2 Å². The highest BCUT2D eigenvalue weighted by Gasteiger charge is 2.20. The molecule has 0 aromatic heterocycles. The molecule has 2 N–H and O–H groups in total. The maximum absolute atomic E-state index is 12.3. The predicted octanol–water partition coefficient (Wildman–Crippen LogP) is 2.86. The number of ether oxygens (including phenoxy) is 2. The molecule has 1 aromatic carbocycles. The number of hydrogen-bond donors (Lipinski definition) is 2. The van der Waals surface area contributed by atoms with Gasteiger partial charge in [0.2, 0.25) is 0 Å². The lowest BCUT2D eigenvalue weighted by molar-refractivity contribution is -0.139. The van der Waals surface area contributed by atoms with Gasteiger partial charge >= 0.3 is 5.97 Å². The van der Waals surface area contributed by atoms with Crippen molar-refractivity contribution < 1.29 is 24.2 Å². The molecule has 0 spiro atoms. The van der Waals surface area contributed by atoms with E-state index in [1.54, 1.807) is 18.2 Å². The Bertz CT molecular complexity index is 530. The highest BCUT2D eigenvalue weighted by molar-refractivity contribution is 5.97. The molecule has 0 bridgehead atoms. The Morgan fingerprint density at radius 3 is 2.35 bits per heavy atom. The number of aliphatic carboxylic acids is 1. The zero-order valence-electron chi connectivity index (χ0n) is 13.9. The third kappa shape index (κ3) is 5.81. The van der Waals surface area contributed by atoms with Crippen LogP contribution >= 0.6 is 0 Å². The van der Waals surface area contributed by atoms with E-state index in [0.29, 0.717) is 36.7 Å². The highest BCUT2D eigenvalue weighted by Crippen LogP contribution is 2.28. The van der Waals surface area contributed by atoms with Crippen LogP contribution in [0.1, 0.15) is 50.4 Å². The van der Waals surface area contributed by atoms with Crippen LogP contribution in [0.2, 0.25) is 0 Å². The summed E-state index contributed by atoms with van der Waals surface area (Å²) in [6.07, 6.45) is 2.02. The standard InChI is InChI=1S/C17H25NO5/c1-4-7-8-13(17(20)21)18-16(19)12-9-10-14(22-5-2)15(11-12)23-6-3/h9-11,13H,4-8H2,1-3H3,(H,18,19)(H,20,21)/t13-/m0/s1. The van der Waals surface area contributed by atoms with Gasteiger partial charge in [-0.15, -0.1) is 0 Å². The first-order valence-corrected chi connectivity index (χ1v) is 7.96. The van der Waals surface area contributed by atoms with Gasteiger partial charge in [0.25, 0.3) is 5.91 Å². The molecule has 128 valence electrons. The number of carbonyl (C=O) groups excluding carboxylic acids is 1. The van der Waals surface area contributed by atoms with Gasteiger partial charge in [-0.3, -0.25) is 4.79 Å². The van der Waals surface area contributed by atoms with E-state index in [0.717, 1.165) is 12.8 Å². The molecule has 0 saturated carbocycles. The van der Waals surface area contributed by atoms with Crippen molar-refractivity contribution in [2.75, 3.05) is 13.2 Å². The van der Waals surface area contributed by atoms with Gasteiger partial charge in [-0.2, -0.15) is 0 Å². The highest BCUT2D eigenvalue weighted by atomic mass is 16.5. The molecule has 0 aliphatic rings. The van der Waals surface area contributed by atoms with Gasteiger partial charge in [0, 0.05) is 5.56 Å². The maximum atomic E-state index is 12.3. The third-order valence-electron chi connectivity index (χ3n) is 3.26. The Hall–Kier alpha value is -2.24. The minimum atomic E-state index is -1.03. The molecular weight excluding hydrogens is 298 g/mol. The van der Waals surface area contributed by atoms with Crippen LogP contribution in [0, 0.1) is 0 Å². The van der Waals surface area contributed by atoms with Crippen LogP contribution in [0.4, 0.5) is 0 Å². The van der Waals surface area contributed by atoms with Gasteiger partial charge < -0.3 is 19.9 Å². The van der Waals surface area contributed by atoms with Crippen molar-refractivity contribution in [2.24, 2.45) is 0 Å². The van der Waals surface area contributed by atoms with E-state index in [2.05, 4.69) is 5.32 Å². The van der Waals surface area contributed by atoms with Crippen molar-refractivity contribution in [3.05, 3.63) is 23.8 Å². The topological polar surface area (TPSA) is 84.9 Å². The second kappa shape index (κ2) is 9.71. The minimum absolute atomic E-state index is 0.347. The molecule has 1 aromatic rings. The molecule has 6 nitrogen and oxygen atoms in total. The zero-order chi connectivity index (χ0) is 17.2. The summed E-state index contributed by atoms with van der Waals surface area (Å²) in [5, 5.41) is 11.7. The number of nitrogens with one attached hydrogen (secondary N) is 1. The van der Waals surface area contributed by atoms with E-state index in [1.165, 1.54) is 0 Å². The van der Waals surface area contributed by atoms with Crippen molar-refractivity contribution in [1.29, 1.82) is 0 Å². The third-order valence-corrected chi connectivity index (χ3v) is 3.26. The van der Waals surface area contributed by atoms with E-state index >= 15 is 0 Å². The summed E-state index contributed by atoms with van der Waals surface area (Å²) in [5.41, 5.74) is 0.347. The Morgan fingerprint density at radius 2 is 1.78 bits per heavy atom. The lowest BCUT2D eigenvalue weighted by Gasteiger charge is -2.16. The SMILES string of the molecule is CCCC[C@H](NC(=O)c1ccc(OCC)c(OCC)c1)C(=O)O. The maximum Gasteiger partial charge on any atom is 0.326 e. The molecule has 0 heterocycles. The molecule has 0 aliphatic heterocycles. The molecule has 0 aliphatic carbocycles. The molecule has 0 saturated heterocycles. The average Bonchev–Trinajstić information content (AvgIpc) is 2.53. The fraction of sp³-hybridized carbons (Fsp3) is 0.529. The van der Waals surface area contributed by atoms with Gasteiger partial charge in [0.15, 0.2) is 11.5 Å². The first-order valence-electron chi connectivity index (χ1n) is 7.96. The number of unbranched alkanes of at least 4 members (excludes halogenated alkanes) is 1. The van der Waals surface area contributed by atoms with E-state index in [1.807, 2.05) is 20.8 Å². The minimum Gasteiger partial charge on any atom is -0.490 e. The number of hydrogen-bond acceptors (Lipinski definition) is 4. The first kappa shape index (κ1) is 18.8. The second-order valence-corrected chi connectivity index (χ2v) is 5.03. The number of amides is 1. The molecule has 0 radical (unpaired) electrons. The van der Waals surface area contributed by atoms with E-state index in [9.17, 15) is 14.7 Å². The molecular formula is C17H25NO5.